The van der Waals surface area contributed by atoms with Crippen LogP contribution >= 0.6 is 0 Å². The van der Waals surface area contributed by atoms with Crippen LogP contribution in [-0.2, 0) is 6.18 Å². The summed E-state index contributed by atoms with van der Waals surface area (Å²) >= 11 is 0. The molecule has 4 nitrogen and oxygen atoms in total. The highest BCUT2D eigenvalue weighted by molar-refractivity contribution is 5.69. The Kier molecular flexibility index (Phi) is 3.94. The minimum absolute atomic E-state index is 0.0708. The molecular weight excluding hydrogens is 307 g/mol. The molecule has 7 heteroatoms. The van der Waals surface area contributed by atoms with Crippen LogP contribution in [0.1, 0.15) is 30.2 Å². The third kappa shape index (κ3) is 3.28. The summed E-state index contributed by atoms with van der Waals surface area (Å²) in [6, 6.07) is 9.92. The lowest BCUT2D eigenvalue weighted by molar-refractivity contribution is -0.159. The second kappa shape index (κ2) is 5.91. The van der Waals surface area contributed by atoms with E-state index >= 15 is 0 Å². The van der Waals surface area contributed by atoms with Gasteiger partial charge in [0.05, 0.1) is 6.04 Å². The summed E-state index contributed by atoms with van der Waals surface area (Å²) in [4.78, 5) is 5.43. The van der Waals surface area contributed by atoms with Crippen molar-refractivity contribution < 1.29 is 17.7 Å². The SMILES string of the molecule is CC(c1ccccc1)N1C=C(c2noc(C(F)(F)F)n2)C=CC1. The summed E-state index contributed by atoms with van der Waals surface area (Å²) in [6.07, 6.45) is 0.668. The van der Waals surface area contributed by atoms with Crippen molar-refractivity contribution in [3.63, 3.8) is 0 Å². The molecule has 0 saturated carbocycles. The standard InChI is InChI=1S/C16H14F3N3O/c1-11(12-6-3-2-4-7-12)22-9-5-8-13(10-22)14-20-15(23-21-14)16(17,18)19/h2-8,10-11H,9H2,1H3. The summed E-state index contributed by atoms with van der Waals surface area (Å²) < 4.78 is 41.9. The smallest absolute Gasteiger partial charge is 0.366 e. The van der Waals surface area contributed by atoms with E-state index in [9.17, 15) is 13.2 Å². The first kappa shape index (κ1) is 15.3. The zero-order valence-corrected chi connectivity index (χ0v) is 12.3. The van der Waals surface area contributed by atoms with E-state index in [1.54, 1.807) is 12.3 Å². The summed E-state index contributed by atoms with van der Waals surface area (Å²) in [5, 5.41) is 3.42. The molecule has 2 aromatic rings. The summed E-state index contributed by atoms with van der Waals surface area (Å²) in [6.45, 7) is 2.68. The number of rotatable bonds is 3. The van der Waals surface area contributed by atoms with Crippen LogP contribution in [0.3, 0.4) is 0 Å². The molecule has 1 atom stereocenters. The Morgan fingerprint density at radius 1 is 1.22 bits per heavy atom. The third-order valence-corrected chi connectivity index (χ3v) is 3.62. The van der Waals surface area contributed by atoms with Crippen LogP contribution < -0.4 is 0 Å². The Morgan fingerprint density at radius 3 is 2.61 bits per heavy atom. The lowest BCUT2D eigenvalue weighted by Crippen LogP contribution is -2.23. The van der Waals surface area contributed by atoms with Crippen molar-refractivity contribution in [3.8, 4) is 0 Å². The Labute approximate surface area is 130 Å². The van der Waals surface area contributed by atoms with Crippen molar-refractivity contribution in [3.05, 3.63) is 66.0 Å². The van der Waals surface area contributed by atoms with Gasteiger partial charge in [-0.1, -0.05) is 47.6 Å². The predicted octanol–water partition coefficient (Wildman–Crippen LogP) is 4.06. The van der Waals surface area contributed by atoms with E-state index in [1.165, 1.54) is 0 Å². The fraction of sp³-hybridized carbons (Fsp3) is 0.250. The highest BCUT2D eigenvalue weighted by Crippen LogP contribution is 2.30. The molecule has 0 fully saturated rings. The van der Waals surface area contributed by atoms with Crippen LogP contribution in [0.5, 0.6) is 0 Å². The number of halogens is 3. The topological polar surface area (TPSA) is 42.2 Å². The molecule has 0 amide bonds. The number of benzene rings is 1. The van der Waals surface area contributed by atoms with E-state index in [0.717, 1.165) is 5.56 Å². The molecule has 0 N–H and O–H groups in total. The van der Waals surface area contributed by atoms with Gasteiger partial charge in [-0.05, 0) is 12.5 Å². The van der Waals surface area contributed by atoms with E-state index in [1.807, 2.05) is 48.2 Å². The molecule has 120 valence electrons. The third-order valence-electron chi connectivity index (χ3n) is 3.62. The molecule has 0 radical (unpaired) electrons. The van der Waals surface area contributed by atoms with E-state index in [2.05, 4.69) is 14.7 Å². The number of allylic oxidation sites excluding steroid dienone is 2. The summed E-state index contributed by atoms with van der Waals surface area (Å²) in [5.74, 6) is -1.41. The van der Waals surface area contributed by atoms with Crippen LogP contribution in [0.15, 0.2) is 53.2 Å². The number of nitrogens with zero attached hydrogens (tertiary/aromatic N) is 3. The van der Waals surface area contributed by atoms with E-state index < -0.39 is 12.1 Å². The monoisotopic (exact) mass is 321 g/mol. The van der Waals surface area contributed by atoms with Crippen molar-refractivity contribution in [2.24, 2.45) is 0 Å². The van der Waals surface area contributed by atoms with Crippen molar-refractivity contribution in [2.45, 2.75) is 19.1 Å². The number of hydrogen-bond acceptors (Lipinski definition) is 4. The minimum atomic E-state index is -4.64. The van der Waals surface area contributed by atoms with Crippen LogP contribution in [-0.4, -0.2) is 21.6 Å². The van der Waals surface area contributed by atoms with Crippen LogP contribution in [0.25, 0.3) is 5.57 Å². The molecule has 0 aliphatic carbocycles. The van der Waals surface area contributed by atoms with Crippen molar-refractivity contribution >= 4 is 5.57 Å². The first-order valence-electron chi connectivity index (χ1n) is 7.05. The minimum Gasteiger partial charge on any atom is -0.366 e. The molecule has 0 saturated heterocycles. The van der Waals surface area contributed by atoms with Gasteiger partial charge in [-0.15, -0.1) is 0 Å². The highest BCUT2D eigenvalue weighted by Gasteiger charge is 2.38. The molecule has 2 heterocycles. The first-order valence-corrected chi connectivity index (χ1v) is 7.05. The van der Waals surface area contributed by atoms with Gasteiger partial charge in [0.2, 0.25) is 5.82 Å². The molecule has 0 spiro atoms. The van der Waals surface area contributed by atoms with Crippen LogP contribution in [0, 0.1) is 0 Å². The molecular formula is C16H14F3N3O. The first-order chi connectivity index (χ1) is 10.9. The number of hydrogen-bond donors (Lipinski definition) is 0. The van der Waals surface area contributed by atoms with Gasteiger partial charge >= 0.3 is 12.1 Å². The van der Waals surface area contributed by atoms with Gasteiger partial charge in [-0.2, -0.15) is 18.2 Å². The molecule has 23 heavy (non-hydrogen) atoms. The van der Waals surface area contributed by atoms with E-state index in [-0.39, 0.29) is 11.9 Å². The average Bonchev–Trinajstić information content (AvgIpc) is 3.05. The van der Waals surface area contributed by atoms with Gasteiger partial charge in [0, 0.05) is 18.3 Å². The van der Waals surface area contributed by atoms with E-state index in [4.69, 9.17) is 0 Å². The molecule has 1 aliphatic heterocycles. The zero-order chi connectivity index (χ0) is 16.4. The van der Waals surface area contributed by atoms with Gasteiger partial charge < -0.3 is 9.42 Å². The van der Waals surface area contributed by atoms with Gasteiger partial charge in [0.15, 0.2) is 0 Å². The maximum Gasteiger partial charge on any atom is 0.471 e. The maximum absolute atomic E-state index is 12.6. The molecule has 1 aliphatic rings. The van der Waals surface area contributed by atoms with Gasteiger partial charge in [-0.3, -0.25) is 0 Å². The van der Waals surface area contributed by atoms with Crippen LogP contribution in [0.2, 0.25) is 0 Å². The number of aromatic nitrogens is 2. The fourth-order valence-electron chi connectivity index (χ4n) is 2.36. The second-order valence-corrected chi connectivity index (χ2v) is 5.19. The molecule has 1 aromatic carbocycles. The molecule has 0 bridgehead atoms. The van der Waals surface area contributed by atoms with Crippen molar-refractivity contribution in [2.75, 3.05) is 6.54 Å². The normalized spacial score (nSPS) is 16.3. The Balaban J connectivity index is 1.84. The van der Waals surface area contributed by atoms with Crippen LogP contribution in [0.4, 0.5) is 13.2 Å². The summed E-state index contributed by atoms with van der Waals surface area (Å²) in [7, 11) is 0. The average molecular weight is 321 g/mol. The number of alkyl halides is 3. The fourth-order valence-corrected chi connectivity index (χ4v) is 2.36. The maximum atomic E-state index is 12.6. The largest absolute Gasteiger partial charge is 0.471 e. The lowest BCUT2D eigenvalue weighted by atomic mass is 10.1. The quantitative estimate of drug-likeness (QED) is 0.855. The highest BCUT2D eigenvalue weighted by atomic mass is 19.4. The Hall–Kier alpha value is -2.57. The lowest BCUT2D eigenvalue weighted by Gasteiger charge is -2.29. The van der Waals surface area contributed by atoms with Gasteiger partial charge in [0.25, 0.3) is 0 Å². The molecule has 1 unspecified atom stereocenters. The van der Waals surface area contributed by atoms with Gasteiger partial charge in [0.1, 0.15) is 0 Å². The summed E-state index contributed by atoms with van der Waals surface area (Å²) in [5.41, 5.74) is 1.60. The predicted molar refractivity (Wildman–Crippen MR) is 78.0 cm³/mol. The molecule has 3 rings (SSSR count). The van der Waals surface area contributed by atoms with Crippen molar-refractivity contribution in [1.29, 1.82) is 0 Å². The van der Waals surface area contributed by atoms with Crippen molar-refractivity contribution in [1.82, 2.24) is 15.0 Å². The Bertz CT molecular complexity index is 735. The van der Waals surface area contributed by atoms with E-state index in [0.29, 0.717) is 12.1 Å². The molecule has 1 aromatic heterocycles. The second-order valence-electron chi connectivity index (χ2n) is 5.19. The van der Waals surface area contributed by atoms with Gasteiger partial charge in [-0.25, -0.2) is 0 Å². The zero-order valence-electron chi connectivity index (χ0n) is 12.3. The Morgan fingerprint density at radius 2 is 1.96 bits per heavy atom.